The first kappa shape index (κ1) is 22.4. The Morgan fingerprint density at radius 1 is 1.18 bits per heavy atom. The molecule has 0 aliphatic rings. The van der Waals surface area contributed by atoms with E-state index in [0.29, 0.717) is 28.0 Å². The Bertz CT molecular complexity index is 946. The molecule has 1 heterocycles. The van der Waals surface area contributed by atoms with E-state index in [1.54, 1.807) is 24.1 Å². The number of benzene rings is 2. The number of methoxy groups -OCH3 is 1. The third-order valence-electron chi connectivity index (χ3n) is 4.14. The van der Waals surface area contributed by atoms with E-state index in [1.807, 2.05) is 44.4 Å². The van der Waals surface area contributed by atoms with Crippen LogP contribution in [0.3, 0.4) is 0 Å². The van der Waals surface area contributed by atoms with E-state index in [1.165, 1.54) is 11.3 Å². The number of ether oxygens (including phenoxy) is 1. The van der Waals surface area contributed by atoms with Gasteiger partial charge in [-0.25, -0.2) is 4.98 Å². The predicted molar refractivity (Wildman–Crippen MR) is 120 cm³/mol. The predicted octanol–water partition coefficient (Wildman–Crippen LogP) is 4.98. The molecule has 28 heavy (non-hydrogen) atoms. The molecule has 0 saturated carbocycles. The highest BCUT2D eigenvalue weighted by atomic mass is 35.5. The monoisotopic (exact) mass is 439 g/mol. The van der Waals surface area contributed by atoms with Crippen LogP contribution in [0.5, 0.6) is 5.75 Å². The lowest BCUT2D eigenvalue weighted by atomic mass is 10.2. The SMILES string of the molecule is COc1cccc(C(=O)N(CCCN(C)C)c2nc3c(Cl)cccc3s2)c1.Cl. The van der Waals surface area contributed by atoms with Crippen molar-refractivity contribution in [1.29, 1.82) is 0 Å². The summed E-state index contributed by atoms with van der Waals surface area (Å²) in [5.41, 5.74) is 1.31. The second-order valence-corrected chi connectivity index (χ2v) is 7.84. The zero-order chi connectivity index (χ0) is 19.4. The first-order valence-corrected chi connectivity index (χ1v) is 9.84. The molecule has 0 spiro atoms. The minimum absolute atomic E-state index is 0. The van der Waals surface area contributed by atoms with E-state index in [4.69, 9.17) is 16.3 Å². The number of para-hydroxylation sites is 1. The molecule has 0 atom stereocenters. The molecule has 1 amide bonds. The summed E-state index contributed by atoms with van der Waals surface area (Å²) in [6, 6.07) is 12.9. The minimum Gasteiger partial charge on any atom is -0.497 e. The fraction of sp³-hybridized carbons (Fsp3) is 0.300. The van der Waals surface area contributed by atoms with E-state index in [9.17, 15) is 4.79 Å². The molecule has 0 aliphatic heterocycles. The maximum Gasteiger partial charge on any atom is 0.260 e. The molecule has 8 heteroatoms. The van der Waals surface area contributed by atoms with Crippen molar-refractivity contribution in [3.05, 3.63) is 53.1 Å². The number of carbonyl (C=O) groups excluding carboxylic acids is 1. The van der Waals surface area contributed by atoms with Gasteiger partial charge in [-0.15, -0.1) is 12.4 Å². The van der Waals surface area contributed by atoms with Gasteiger partial charge in [-0.3, -0.25) is 9.69 Å². The number of aromatic nitrogens is 1. The van der Waals surface area contributed by atoms with Crippen LogP contribution in [0.1, 0.15) is 16.8 Å². The lowest BCUT2D eigenvalue weighted by Crippen LogP contribution is -2.33. The fourth-order valence-corrected chi connectivity index (χ4v) is 4.05. The quantitative estimate of drug-likeness (QED) is 0.520. The zero-order valence-corrected chi connectivity index (χ0v) is 18.4. The normalized spacial score (nSPS) is 10.8. The largest absolute Gasteiger partial charge is 0.497 e. The third kappa shape index (κ3) is 5.14. The summed E-state index contributed by atoms with van der Waals surface area (Å²) in [4.78, 5) is 21.7. The number of halogens is 2. The van der Waals surface area contributed by atoms with Gasteiger partial charge in [0.25, 0.3) is 5.91 Å². The second kappa shape index (κ2) is 10.1. The second-order valence-electron chi connectivity index (χ2n) is 6.43. The number of hydrogen-bond donors (Lipinski definition) is 0. The van der Waals surface area contributed by atoms with E-state index in [-0.39, 0.29) is 18.3 Å². The highest BCUT2D eigenvalue weighted by Gasteiger charge is 2.22. The van der Waals surface area contributed by atoms with E-state index < -0.39 is 0 Å². The van der Waals surface area contributed by atoms with Gasteiger partial charge in [0.15, 0.2) is 5.13 Å². The molecule has 0 fully saturated rings. The average Bonchev–Trinajstić information content (AvgIpc) is 3.10. The Hall–Kier alpha value is -1.86. The van der Waals surface area contributed by atoms with Crippen LogP contribution in [0.25, 0.3) is 10.2 Å². The highest BCUT2D eigenvalue weighted by Crippen LogP contribution is 2.33. The summed E-state index contributed by atoms with van der Waals surface area (Å²) in [5.74, 6) is 0.560. The fourth-order valence-electron chi connectivity index (χ4n) is 2.76. The van der Waals surface area contributed by atoms with Crippen LogP contribution in [0.15, 0.2) is 42.5 Å². The minimum atomic E-state index is -0.0946. The molecular formula is C20H23Cl2N3O2S. The molecule has 0 N–H and O–H groups in total. The van der Waals surface area contributed by atoms with E-state index in [0.717, 1.165) is 23.2 Å². The Labute approximate surface area is 180 Å². The van der Waals surface area contributed by atoms with Crippen molar-refractivity contribution in [3.63, 3.8) is 0 Å². The van der Waals surface area contributed by atoms with E-state index in [2.05, 4.69) is 9.88 Å². The van der Waals surface area contributed by atoms with Crippen molar-refractivity contribution in [1.82, 2.24) is 9.88 Å². The molecule has 0 saturated heterocycles. The van der Waals surface area contributed by atoms with Crippen LogP contribution in [0, 0.1) is 0 Å². The van der Waals surface area contributed by atoms with Crippen LogP contribution in [-0.4, -0.2) is 50.1 Å². The number of amides is 1. The summed E-state index contributed by atoms with van der Waals surface area (Å²) in [5, 5.41) is 1.25. The van der Waals surface area contributed by atoms with Crippen LogP contribution < -0.4 is 9.64 Å². The van der Waals surface area contributed by atoms with Gasteiger partial charge >= 0.3 is 0 Å². The zero-order valence-electron chi connectivity index (χ0n) is 16.0. The number of anilines is 1. The lowest BCUT2D eigenvalue weighted by molar-refractivity contribution is 0.0985. The Kier molecular flexibility index (Phi) is 8.07. The van der Waals surface area contributed by atoms with Gasteiger partial charge in [0.05, 0.1) is 16.8 Å². The van der Waals surface area contributed by atoms with E-state index >= 15 is 0 Å². The topological polar surface area (TPSA) is 45.7 Å². The lowest BCUT2D eigenvalue weighted by Gasteiger charge is -2.21. The Morgan fingerprint density at radius 3 is 2.61 bits per heavy atom. The van der Waals surface area contributed by atoms with Crippen molar-refractivity contribution in [3.8, 4) is 5.75 Å². The van der Waals surface area contributed by atoms with Gasteiger partial charge < -0.3 is 9.64 Å². The average molecular weight is 440 g/mol. The number of carbonyl (C=O) groups is 1. The Balaban J connectivity index is 0.00000280. The summed E-state index contributed by atoms with van der Waals surface area (Å²) < 4.78 is 6.23. The number of hydrogen-bond acceptors (Lipinski definition) is 5. The molecule has 150 valence electrons. The number of thiazole rings is 1. The summed E-state index contributed by atoms with van der Waals surface area (Å²) in [6.45, 7) is 1.46. The maximum atomic E-state index is 13.2. The highest BCUT2D eigenvalue weighted by molar-refractivity contribution is 7.22. The molecule has 0 aliphatic carbocycles. The van der Waals surface area contributed by atoms with Gasteiger partial charge in [0, 0.05) is 12.1 Å². The molecule has 0 bridgehead atoms. The van der Waals surface area contributed by atoms with Crippen LogP contribution >= 0.6 is 35.3 Å². The van der Waals surface area contributed by atoms with Crippen molar-refractivity contribution in [2.75, 3.05) is 39.2 Å². The molecule has 0 radical (unpaired) electrons. The van der Waals surface area contributed by atoms with Crippen molar-refractivity contribution in [2.24, 2.45) is 0 Å². The standard InChI is InChI=1S/C20H22ClN3O2S.ClH/c1-23(2)11-6-12-24(19(25)14-7-4-8-15(13-14)26-3)20-22-18-16(21)9-5-10-17(18)27-20;/h4-5,7-10,13H,6,11-12H2,1-3H3;1H. The van der Waals surface area contributed by atoms with Crippen LogP contribution in [-0.2, 0) is 0 Å². The number of nitrogens with zero attached hydrogens (tertiary/aromatic N) is 3. The van der Waals surface area contributed by atoms with Gasteiger partial charge in [-0.2, -0.15) is 0 Å². The smallest absolute Gasteiger partial charge is 0.260 e. The number of rotatable bonds is 7. The van der Waals surface area contributed by atoms with Crippen molar-refractivity contribution < 1.29 is 9.53 Å². The summed E-state index contributed by atoms with van der Waals surface area (Å²) in [7, 11) is 5.63. The van der Waals surface area contributed by atoms with Crippen molar-refractivity contribution >= 4 is 56.6 Å². The third-order valence-corrected chi connectivity index (χ3v) is 5.49. The van der Waals surface area contributed by atoms with Gasteiger partial charge in [0.2, 0.25) is 0 Å². The first-order chi connectivity index (χ1) is 13.0. The molecule has 3 rings (SSSR count). The molecule has 5 nitrogen and oxygen atoms in total. The Morgan fingerprint density at radius 2 is 1.93 bits per heavy atom. The molecule has 1 aromatic heterocycles. The van der Waals surface area contributed by atoms with Gasteiger partial charge in [-0.1, -0.05) is 35.1 Å². The molecule has 3 aromatic rings. The van der Waals surface area contributed by atoms with Gasteiger partial charge in [0.1, 0.15) is 11.3 Å². The molecular weight excluding hydrogens is 417 g/mol. The summed E-state index contributed by atoms with van der Waals surface area (Å²) >= 11 is 7.75. The summed E-state index contributed by atoms with van der Waals surface area (Å²) in [6.07, 6.45) is 0.840. The van der Waals surface area contributed by atoms with Crippen LogP contribution in [0.4, 0.5) is 5.13 Å². The van der Waals surface area contributed by atoms with Gasteiger partial charge in [-0.05, 0) is 57.4 Å². The molecule has 0 unspecified atom stereocenters. The van der Waals surface area contributed by atoms with Crippen LogP contribution in [0.2, 0.25) is 5.02 Å². The molecule has 2 aromatic carbocycles. The maximum absolute atomic E-state index is 13.2. The number of fused-ring (bicyclic) bond motifs is 1. The van der Waals surface area contributed by atoms with Crippen molar-refractivity contribution in [2.45, 2.75) is 6.42 Å². The first-order valence-electron chi connectivity index (χ1n) is 8.65.